The number of thiazole rings is 1. The summed E-state index contributed by atoms with van der Waals surface area (Å²) in [7, 11) is 1.90. The number of fused-ring (bicyclic) bond motifs is 1. The molecule has 0 aliphatic rings. The zero-order valence-corrected chi connectivity index (χ0v) is 6.22. The second kappa shape index (κ2) is 1.73. The first kappa shape index (κ1) is 5.73. The number of rotatable bonds is 0. The maximum Gasteiger partial charge on any atom is 0.273 e. The highest BCUT2D eigenvalue weighted by Gasteiger charge is 2.03. The van der Waals surface area contributed by atoms with Gasteiger partial charge in [0.15, 0.2) is 5.65 Å². The highest BCUT2D eigenvalue weighted by atomic mass is 32.1. The lowest BCUT2D eigenvalue weighted by molar-refractivity contribution is 0.472. The normalized spacial score (nSPS) is 10.9. The Morgan fingerprint density at radius 1 is 1.70 bits per heavy atom. The van der Waals surface area contributed by atoms with Crippen molar-refractivity contribution in [2.24, 2.45) is 7.05 Å². The van der Waals surface area contributed by atoms with Crippen molar-refractivity contribution in [1.82, 2.24) is 9.55 Å². The molecule has 4 heteroatoms. The van der Waals surface area contributed by atoms with Gasteiger partial charge in [-0.15, -0.1) is 0 Å². The minimum absolute atomic E-state index is 0.140. The number of aryl methyl sites for hydroxylation is 1. The van der Waals surface area contributed by atoms with Crippen LogP contribution in [0.25, 0.3) is 10.3 Å². The largest absolute Gasteiger partial charge is 0.486 e. The predicted octanol–water partition coefficient (Wildman–Crippen LogP) is 1.34. The standard InChI is InChI=1S/C6H6N2OS/c1-8-3-2-4-5(8)7-6(9)10-4/h2-3H,1H3,(H,7,9). The zero-order valence-electron chi connectivity index (χ0n) is 5.40. The monoisotopic (exact) mass is 154 g/mol. The molecule has 0 unspecified atom stereocenters. The molecule has 3 nitrogen and oxygen atoms in total. The molecule has 52 valence electrons. The van der Waals surface area contributed by atoms with Gasteiger partial charge in [0.1, 0.15) is 0 Å². The summed E-state index contributed by atoms with van der Waals surface area (Å²) in [5.74, 6) is 0. The van der Waals surface area contributed by atoms with Crippen LogP contribution in [0.4, 0.5) is 0 Å². The number of hydrogen-bond donors (Lipinski definition) is 1. The van der Waals surface area contributed by atoms with E-state index in [2.05, 4.69) is 4.98 Å². The van der Waals surface area contributed by atoms with Crippen LogP contribution in [-0.2, 0) is 7.05 Å². The third kappa shape index (κ3) is 0.623. The van der Waals surface area contributed by atoms with E-state index in [0.717, 1.165) is 10.3 Å². The van der Waals surface area contributed by atoms with Gasteiger partial charge >= 0.3 is 0 Å². The van der Waals surface area contributed by atoms with Gasteiger partial charge < -0.3 is 9.67 Å². The third-order valence-electron chi connectivity index (χ3n) is 1.41. The fourth-order valence-corrected chi connectivity index (χ4v) is 1.66. The molecular weight excluding hydrogens is 148 g/mol. The Morgan fingerprint density at radius 3 is 3.20 bits per heavy atom. The number of hydrogen-bond acceptors (Lipinski definition) is 3. The highest BCUT2D eigenvalue weighted by molar-refractivity contribution is 7.20. The summed E-state index contributed by atoms with van der Waals surface area (Å²) in [5.41, 5.74) is 0.850. The fourth-order valence-electron chi connectivity index (χ4n) is 0.924. The minimum Gasteiger partial charge on any atom is -0.486 e. The van der Waals surface area contributed by atoms with E-state index in [1.54, 1.807) is 0 Å². The van der Waals surface area contributed by atoms with Crippen LogP contribution in [0, 0.1) is 0 Å². The maximum atomic E-state index is 8.96. The van der Waals surface area contributed by atoms with Gasteiger partial charge in [-0.05, 0) is 6.07 Å². The molecule has 0 atom stereocenters. The average Bonchev–Trinajstić information content (AvgIpc) is 2.35. The maximum absolute atomic E-state index is 8.96. The first-order valence-corrected chi connectivity index (χ1v) is 3.70. The summed E-state index contributed by atoms with van der Waals surface area (Å²) in [6.07, 6.45) is 1.92. The highest BCUT2D eigenvalue weighted by Crippen LogP contribution is 2.26. The third-order valence-corrected chi connectivity index (χ3v) is 2.22. The molecule has 10 heavy (non-hydrogen) atoms. The number of nitrogens with zero attached hydrogens (tertiary/aromatic N) is 2. The Morgan fingerprint density at radius 2 is 2.50 bits per heavy atom. The SMILES string of the molecule is Cn1ccc2sc(O)nc21. The Kier molecular flexibility index (Phi) is 0.990. The van der Waals surface area contributed by atoms with Gasteiger partial charge in [-0.3, -0.25) is 0 Å². The Hall–Kier alpha value is -1.03. The number of aromatic hydroxyl groups is 1. The molecule has 0 aromatic carbocycles. The summed E-state index contributed by atoms with van der Waals surface area (Å²) in [6, 6.07) is 1.94. The topological polar surface area (TPSA) is 38.0 Å². The molecule has 2 aromatic rings. The van der Waals surface area contributed by atoms with Crippen molar-refractivity contribution in [3.8, 4) is 5.19 Å². The van der Waals surface area contributed by atoms with Crippen molar-refractivity contribution in [3.05, 3.63) is 12.3 Å². The van der Waals surface area contributed by atoms with E-state index in [4.69, 9.17) is 5.11 Å². The first-order valence-electron chi connectivity index (χ1n) is 2.88. The predicted molar refractivity (Wildman–Crippen MR) is 40.3 cm³/mol. The van der Waals surface area contributed by atoms with Gasteiger partial charge in [-0.25, -0.2) is 0 Å². The molecular formula is C6H6N2OS. The molecule has 0 saturated heterocycles. The van der Waals surface area contributed by atoms with E-state index in [0.29, 0.717) is 0 Å². The smallest absolute Gasteiger partial charge is 0.273 e. The lowest BCUT2D eigenvalue weighted by Crippen LogP contribution is -1.82. The lowest BCUT2D eigenvalue weighted by atomic mass is 10.6. The van der Waals surface area contributed by atoms with Gasteiger partial charge in [0.05, 0.1) is 4.70 Å². The van der Waals surface area contributed by atoms with Gasteiger partial charge in [-0.2, -0.15) is 4.98 Å². The molecule has 2 heterocycles. The Labute approximate surface area is 61.6 Å². The lowest BCUT2D eigenvalue weighted by Gasteiger charge is -1.85. The molecule has 0 spiro atoms. The van der Waals surface area contributed by atoms with Gasteiger partial charge in [0.25, 0.3) is 5.19 Å². The Balaban J connectivity index is 2.90. The molecule has 0 amide bonds. The van der Waals surface area contributed by atoms with E-state index >= 15 is 0 Å². The molecule has 0 saturated carbocycles. The summed E-state index contributed by atoms with van der Waals surface area (Å²) in [5, 5.41) is 9.10. The minimum atomic E-state index is 0.140. The van der Waals surface area contributed by atoms with Gasteiger partial charge in [-0.1, -0.05) is 11.3 Å². The summed E-state index contributed by atoms with van der Waals surface area (Å²) < 4.78 is 2.91. The molecule has 0 bridgehead atoms. The molecule has 0 aliphatic carbocycles. The average molecular weight is 154 g/mol. The second-order valence-electron chi connectivity index (χ2n) is 2.11. The van der Waals surface area contributed by atoms with Crippen LogP contribution < -0.4 is 0 Å². The van der Waals surface area contributed by atoms with Crippen LogP contribution in [0.1, 0.15) is 0 Å². The quantitative estimate of drug-likeness (QED) is 0.621. The fraction of sp³-hybridized carbons (Fsp3) is 0.167. The van der Waals surface area contributed by atoms with Crippen molar-refractivity contribution in [1.29, 1.82) is 0 Å². The molecule has 0 radical (unpaired) electrons. The van der Waals surface area contributed by atoms with Crippen molar-refractivity contribution in [2.75, 3.05) is 0 Å². The summed E-state index contributed by atoms with van der Waals surface area (Å²) in [6.45, 7) is 0. The Bertz CT molecular complexity index is 363. The zero-order chi connectivity index (χ0) is 7.14. The van der Waals surface area contributed by atoms with Crippen LogP contribution in [-0.4, -0.2) is 14.7 Å². The molecule has 2 rings (SSSR count). The van der Waals surface area contributed by atoms with Crippen LogP contribution in [0.3, 0.4) is 0 Å². The molecule has 0 fully saturated rings. The van der Waals surface area contributed by atoms with Crippen LogP contribution >= 0.6 is 11.3 Å². The van der Waals surface area contributed by atoms with Crippen LogP contribution in [0.2, 0.25) is 0 Å². The second-order valence-corrected chi connectivity index (χ2v) is 3.12. The van der Waals surface area contributed by atoms with E-state index in [1.807, 2.05) is 23.9 Å². The molecule has 2 aromatic heterocycles. The van der Waals surface area contributed by atoms with Gasteiger partial charge in [0, 0.05) is 13.2 Å². The van der Waals surface area contributed by atoms with Crippen molar-refractivity contribution in [2.45, 2.75) is 0 Å². The molecule has 0 aliphatic heterocycles. The van der Waals surface area contributed by atoms with Crippen molar-refractivity contribution in [3.63, 3.8) is 0 Å². The first-order chi connectivity index (χ1) is 4.77. The van der Waals surface area contributed by atoms with E-state index in [-0.39, 0.29) is 5.19 Å². The van der Waals surface area contributed by atoms with E-state index in [9.17, 15) is 0 Å². The van der Waals surface area contributed by atoms with Crippen molar-refractivity contribution < 1.29 is 5.11 Å². The van der Waals surface area contributed by atoms with Gasteiger partial charge in [0.2, 0.25) is 0 Å². The summed E-state index contributed by atoms with van der Waals surface area (Å²) in [4.78, 5) is 3.91. The van der Waals surface area contributed by atoms with Crippen LogP contribution in [0.15, 0.2) is 12.3 Å². The van der Waals surface area contributed by atoms with Crippen LogP contribution in [0.5, 0.6) is 5.19 Å². The van der Waals surface area contributed by atoms with E-state index < -0.39 is 0 Å². The molecule has 1 N–H and O–H groups in total. The van der Waals surface area contributed by atoms with Crippen molar-refractivity contribution >= 4 is 21.7 Å². The van der Waals surface area contributed by atoms with E-state index in [1.165, 1.54) is 11.3 Å². The number of aromatic nitrogens is 2. The summed E-state index contributed by atoms with van der Waals surface area (Å²) >= 11 is 1.30.